The Morgan fingerprint density at radius 1 is 0.906 bits per heavy atom. The summed E-state index contributed by atoms with van der Waals surface area (Å²) in [4.78, 5) is 30.0. The van der Waals surface area contributed by atoms with Crippen LogP contribution >= 0.6 is 38.9 Å². The van der Waals surface area contributed by atoms with Crippen molar-refractivity contribution in [2.24, 2.45) is 0 Å². The third-order valence-corrected chi connectivity index (χ3v) is 7.86. The zero-order chi connectivity index (χ0) is 22.5. The molecular weight excluding hydrogens is 508 g/mol. The Labute approximate surface area is 205 Å². The van der Waals surface area contributed by atoms with Gasteiger partial charge < -0.3 is 10.2 Å². The molecule has 2 aromatic carbocycles. The van der Waals surface area contributed by atoms with Gasteiger partial charge in [-0.1, -0.05) is 48.0 Å². The second-order valence-electron chi connectivity index (χ2n) is 7.51. The lowest BCUT2D eigenvalue weighted by molar-refractivity contribution is -0.128. The second-order valence-corrected chi connectivity index (χ2v) is 9.79. The molecule has 1 N–H and O–H groups in total. The number of hydrogen-bond donors (Lipinski definition) is 1. The minimum Gasteiger partial charge on any atom is -0.337 e. The van der Waals surface area contributed by atoms with Crippen LogP contribution in [0.25, 0.3) is 14.9 Å². The summed E-state index contributed by atoms with van der Waals surface area (Å²) in [5.74, 6) is -0.487. The van der Waals surface area contributed by atoms with E-state index in [-0.39, 0.29) is 17.5 Å². The Hall–Kier alpha value is -2.41. The van der Waals surface area contributed by atoms with E-state index in [9.17, 15) is 9.59 Å². The fraction of sp³-hybridized carbons (Fsp3) is 0.200. The van der Waals surface area contributed by atoms with Crippen LogP contribution in [0.1, 0.15) is 34.5 Å². The van der Waals surface area contributed by atoms with Crippen molar-refractivity contribution in [1.29, 1.82) is 0 Å². The SMILES string of the molecule is O=C(NC(C(=O)N1CCCCC1)=C(Br)c1ccc(-c2ccccc2Cl)s1)c1ccccc1. The van der Waals surface area contributed by atoms with Crippen molar-refractivity contribution >= 4 is 55.2 Å². The van der Waals surface area contributed by atoms with Gasteiger partial charge in [0.1, 0.15) is 5.70 Å². The normalized spacial score (nSPS) is 14.6. The Bertz CT molecular complexity index is 1150. The summed E-state index contributed by atoms with van der Waals surface area (Å²) < 4.78 is 0.570. The Balaban J connectivity index is 1.70. The number of carbonyl (C=O) groups excluding carboxylic acids is 2. The highest BCUT2D eigenvalue weighted by atomic mass is 79.9. The van der Waals surface area contributed by atoms with Crippen molar-refractivity contribution in [3.05, 3.63) is 87.9 Å². The number of piperidine rings is 1. The van der Waals surface area contributed by atoms with Crippen LogP contribution in [0.2, 0.25) is 5.02 Å². The van der Waals surface area contributed by atoms with E-state index in [0.29, 0.717) is 28.2 Å². The van der Waals surface area contributed by atoms with Gasteiger partial charge in [-0.3, -0.25) is 9.59 Å². The van der Waals surface area contributed by atoms with E-state index in [1.165, 1.54) is 11.3 Å². The lowest BCUT2D eigenvalue weighted by atomic mass is 10.1. The first-order chi connectivity index (χ1) is 15.5. The molecule has 0 aliphatic carbocycles. The van der Waals surface area contributed by atoms with Gasteiger partial charge in [-0.2, -0.15) is 0 Å². The van der Waals surface area contributed by atoms with Gasteiger partial charge in [0, 0.05) is 39.0 Å². The van der Waals surface area contributed by atoms with Crippen LogP contribution in [-0.2, 0) is 4.79 Å². The van der Waals surface area contributed by atoms with Crippen LogP contribution in [-0.4, -0.2) is 29.8 Å². The number of halogens is 2. The Kier molecular flexibility index (Phi) is 7.45. The molecule has 0 radical (unpaired) electrons. The van der Waals surface area contributed by atoms with Crippen molar-refractivity contribution in [2.75, 3.05) is 13.1 Å². The van der Waals surface area contributed by atoms with Crippen molar-refractivity contribution in [2.45, 2.75) is 19.3 Å². The summed E-state index contributed by atoms with van der Waals surface area (Å²) in [6, 6.07) is 20.5. The number of nitrogens with zero attached hydrogens (tertiary/aromatic N) is 1. The second kappa shape index (κ2) is 10.5. The molecule has 0 bridgehead atoms. The zero-order valence-electron chi connectivity index (χ0n) is 17.3. The molecule has 4 nitrogen and oxygen atoms in total. The fourth-order valence-electron chi connectivity index (χ4n) is 3.62. The fourth-order valence-corrected chi connectivity index (χ4v) is 5.54. The predicted molar refractivity (Wildman–Crippen MR) is 135 cm³/mol. The summed E-state index contributed by atoms with van der Waals surface area (Å²) in [5, 5.41) is 3.54. The number of likely N-dealkylation sites (tertiary alicyclic amines) is 1. The van der Waals surface area contributed by atoms with E-state index in [2.05, 4.69) is 21.2 Å². The third kappa shape index (κ3) is 5.14. The number of hydrogen-bond acceptors (Lipinski definition) is 3. The summed E-state index contributed by atoms with van der Waals surface area (Å²) >= 11 is 11.5. The highest BCUT2D eigenvalue weighted by molar-refractivity contribution is 9.15. The van der Waals surface area contributed by atoms with Crippen molar-refractivity contribution in [3.8, 4) is 10.4 Å². The molecule has 0 atom stereocenters. The van der Waals surface area contributed by atoms with Gasteiger partial charge in [-0.15, -0.1) is 11.3 Å². The monoisotopic (exact) mass is 528 g/mol. The molecule has 1 saturated heterocycles. The van der Waals surface area contributed by atoms with E-state index in [1.807, 2.05) is 47.4 Å². The van der Waals surface area contributed by atoms with Gasteiger partial charge >= 0.3 is 0 Å². The first-order valence-corrected chi connectivity index (χ1v) is 12.4. The zero-order valence-corrected chi connectivity index (χ0v) is 20.5. The highest BCUT2D eigenvalue weighted by Crippen LogP contribution is 2.38. The molecule has 2 amide bonds. The molecule has 1 aromatic heterocycles. The average Bonchev–Trinajstić information content (AvgIpc) is 3.33. The summed E-state index contributed by atoms with van der Waals surface area (Å²) in [7, 11) is 0. The first kappa shape index (κ1) is 22.8. The van der Waals surface area contributed by atoms with Crippen LogP contribution in [0, 0.1) is 0 Å². The Morgan fingerprint density at radius 2 is 1.59 bits per heavy atom. The van der Waals surface area contributed by atoms with Crippen molar-refractivity contribution in [1.82, 2.24) is 10.2 Å². The molecule has 0 saturated carbocycles. The highest BCUT2D eigenvalue weighted by Gasteiger charge is 2.26. The molecule has 164 valence electrons. The van der Waals surface area contributed by atoms with Gasteiger partial charge in [-0.05, 0) is 65.5 Å². The molecule has 3 aromatic rings. The smallest absolute Gasteiger partial charge is 0.271 e. The minimum absolute atomic E-state index is 0.173. The van der Waals surface area contributed by atoms with Crippen molar-refractivity contribution in [3.63, 3.8) is 0 Å². The molecule has 0 unspecified atom stereocenters. The maximum Gasteiger partial charge on any atom is 0.271 e. The van der Waals surface area contributed by atoms with E-state index >= 15 is 0 Å². The van der Waals surface area contributed by atoms with Crippen LogP contribution < -0.4 is 5.32 Å². The molecule has 1 aliphatic rings. The van der Waals surface area contributed by atoms with Crippen LogP contribution in [0.3, 0.4) is 0 Å². The van der Waals surface area contributed by atoms with Crippen LogP contribution in [0.5, 0.6) is 0 Å². The van der Waals surface area contributed by atoms with Gasteiger partial charge in [0.15, 0.2) is 0 Å². The predicted octanol–water partition coefficient (Wildman–Crippen LogP) is 6.57. The van der Waals surface area contributed by atoms with Crippen LogP contribution in [0.15, 0.2) is 72.4 Å². The third-order valence-electron chi connectivity index (χ3n) is 5.31. The molecule has 7 heteroatoms. The Morgan fingerprint density at radius 3 is 2.31 bits per heavy atom. The number of carbonyl (C=O) groups is 2. The molecule has 1 aliphatic heterocycles. The van der Waals surface area contributed by atoms with E-state index in [4.69, 9.17) is 11.6 Å². The maximum absolute atomic E-state index is 13.4. The van der Waals surface area contributed by atoms with Gasteiger partial charge in [-0.25, -0.2) is 0 Å². The van der Waals surface area contributed by atoms with E-state index < -0.39 is 0 Å². The molecule has 4 rings (SSSR count). The van der Waals surface area contributed by atoms with E-state index in [0.717, 1.165) is 34.6 Å². The largest absolute Gasteiger partial charge is 0.337 e. The lowest BCUT2D eigenvalue weighted by Gasteiger charge is -2.28. The quantitative estimate of drug-likeness (QED) is 0.380. The van der Waals surface area contributed by atoms with Gasteiger partial charge in [0.25, 0.3) is 11.8 Å². The topological polar surface area (TPSA) is 49.4 Å². The van der Waals surface area contributed by atoms with Gasteiger partial charge in [0.05, 0.1) is 4.48 Å². The number of amides is 2. The molecule has 0 spiro atoms. The number of benzene rings is 2. The summed E-state index contributed by atoms with van der Waals surface area (Å²) in [5.41, 5.74) is 1.69. The molecular formula is C25H22BrClN2O2S. The number of rotatable bonds is 5. The van der Waals surface area contributed by atoms with Crippen LogP contribution in [0.4, 0.5) is 0 Å². The average molecular weight is 530 g/mol. The summed E-state index contributed by atoms with van der Waals surface area (Å²) in [6.07, 6.45) is 3.06. The maximum atomic E-state index is 13.4. The summed E-state index contributed by atoms with van der Waals surface area (Å²) in [6.45, 7) is 1.39. The van der Waals surface area contributed by atoms with Gasteiger partial charge in [0.2, 0.25) is 0 Å². The van der Waals surface area contributed by atoms with E-state index in [1.54, 1.807) is 24.3 Å². The minimum atomic E-state index is -0.314. The number of thiophene rings is 1. The standard InChI is InChI=1S/C25H22BrClN2O2S/c26-22(21-14-13-20(32-21)18-11-5-6-12-19(18)27)23(25(31)29-15-7-2-8-16-29)28-24(30)17-9-3-1-4-10-17/h1,3-6,9-14H,2,7-8,15-16H2,(H,28,30). The molecule has 1 fully saturated rings. The van der Waals surface area contributed by atoms with Crippen molar-refractivity contribution < 1.29 is 9.59 Å². The lowest BCUT2D eigenvalue weighted by Crippen LogP contribution is -2.41. The number of nitrogens with one attached hydrogen (secondary N) is 1. The first-order valence-electron chi connectivity index (χ1n) is 10.4. The molecule has 2 heterocycles. The molecule has 32 heavy (non-hydrogen) atoms.